The van der Waals surface area contributed by atoms with Gasteiger partial charge in [0.25, 0.3) is 0 Å². The highest BCUT2D eigenvalue weighted by Gasteiger charge is 2.24. The number of unbranched alkanes of at least 4 members (excludes halogenated alkanes) is 1. The summed E-state index contributed by atoms with van der Waals surface area (Å²) in [5, 5.41) is 0. The first-order chi connectivity index (χ1) is 12.0. The average molecular weight is 362 g/mol. The Balaban J connectivity index is 1.92. The van der Waals surface area contributed by atoms with Crippen LogP contribution in [0.1, 0.15) is 39.5 Å². The fourth-order valence-corrected chi connectivity index (χ4v) is 3.44. The van der Waals surface area contributed by atoms with Crippen molar-refractivity contribution in [2.45, 2.75) is 39.5 Å². The molecule has 0 aliphatic heterocycles. The molecule has 0 saturated heterocycles. The van der Waals surface area contributed by atoms with E-state index in [-0.39, 0.29) is 12.5 Å². The lowest BCUT2D eigenvalue weighted by Gasteiger charge is -2.18. The maximum absolute atomic E-state index is 12.1. The molecule has 4 nitrogen and oxygen atoms in total. The Morgan fingerprint density at radius 3 is 2.24 bits per heavy atom. The highest BCUT2D eigenvalue weighted by Crippen LogP contribution is 2.44. The molecule has 0 spiro atoms. The smallest absolute Gasteiger partial charge is 0.404 e. The van der Waals surface area contributed by atoms with E-state index in [1.165, 1.54) is 0 Å². The zero-order valence-corrected chi connectivity index (χ0v) is 15.8. The van der Waals surface area contributed by atoms with Crippen LogP contribution in [-0.4, -0.2) is 11.5 Å². The fourth-order valence-electron chi connectivity index (χ4n) is 2.60. The van der Waals surface area contributed by atoms with Crippen molar-refractivity contribution in [1.29, 1.82) is 0 Å². The fraction of sp³-hybridized carbons (Fsp3) is 0.400. The minimum absolute atomic E-state index is 0.242. The maximum Gasteiger partial charge on any atom is 0.527 e. The number of phosphoric acid groups is 1. The molecule has 0 fully saturated rings. The van der Waals surface area contributed by atoms with Crippen LogP contribution in [0.4, 0.5) is 0 Å². The van der Waals surface area contributed by atoms with Gasteiger partial charge in [-0.05, 0) is 35.6 Å². The van der Waals surface area contributed by atoms with Gasteiger partial charge in [-0.3, -0.25) is 9.42 Å². The van der Waals surface area contributed by atoms with E-state index in [4.69, 9.17) is 9.05 Å². The molecular weight excluding hydrogens is 335 g/mol. The summed E-state index contributed by atoms with van der Waals surface area (Å²) in [5.74, 6) is 0.608. The largest absolute Gasteiger partial charge is 0.527 e. The number of hydrogen-bond acceptors (Lipinski definition) is 3. The second kappa shape index (κ2) is 9.76. The molecule has 2 unspecified atom stereocenters. The van der Waals surface area contributed by atoms with Gasteiger partial charge in [0.05, 0.1) is 6.61 Å². The molecule has 0 aliphatic rings. The van der Waals surface area contributed by atoms with Crippen molar-refractivity contribution in [2.24, 2.45) is 5.92 Å². The Bertz CT molecular complexity index is 670. The molecule has 0 bridgehead atoms. The minimum Gasteiger partial charge on any atom is -0.404 e. The number of hydrogen-bond donors (Lipinski definition) is 1. The second-order valence-electron chi connectivity index (χ2n) is 6.16. The molecule has 2 aromatic rings. The Morgan fingerprint density at radius 2 is 1.64 bits per heavy atom. The van der Waals surface area contributed by atoms with Crippen LogP contribution in [0.2, 0.25) is 0 Å². The van der Waals surface area contributed by atoms with Crippen LogP contribution in [0.15, 0.2) is 54.6 Å². The molecule has 0 amide bonds. The Labute approximate surface area is 150 Å². The van der Waals surface area contributed by atoms with Crippen LogP contribution >= 0.6 is 7.82 Å². The van der Waals surface area contributed by atoms with Crippen molar-refractivity contribution < 1.29 is 18.5 Å². The van der Waals surface area contributed by atoms with Gasteiger partial charge in [0, 0.05) is 0 Å². The summed E-state index contributed by atoms with van der Waals surface area (Å²) in [6.45, 7) is 4.44. The van der Waals surface area contributed by atoms with Crippen molar-refractivity contribution in [2.75, 3.05) is 6.61 Å². The lowest BCUT2D eigenvalue weighted by atomic mass is 10.0. The molecule has 2 atom stereocenters. The van der Waals surface area contributed by atoms with Crippen LogP contribution in [-0.2, 0) is 9.09 Å². The Kier molecular flexibility index (Phi) is 7.70. The first-order valence-electron chi connectivity index (χ1n) is 8.86. The number of phosphoric ester groups is 1. The summed E-state index contributed by atoms with van der Waals surface area (Å²) in [7, 11) is -4.10. The zero-order chi connectivity index (χ0) is 18.1. The predicted molar refractivity (Wildman–Crippen MR) is 102 cm³/mol. The van der Waals surface area contributed by atoms with Gasteiger partial charge >= 0.3 is 7.82 Å². The third-order valence-electron chi connectivity index (χ3n) is 4.20. The maximum atomic E-state index is 12.1. The van der Waals surface area contributed by atoms with Crippen molar-refractivity contribution in [3.05, 3.63) is 54.6 Å². The minimum atomic E-state index is -4.10. The van der Waals surface area contributed by atoms with Gasteiger partial charge < -0.3 is 4.52 Å². The van der Waals surface area contributed by atoms with E-state index >= 15 is 0 Å². The van der Waals surface area contributed by atoms with Crippen LogP contribution in [0.25, 0.3) is 11.1 Å². The van der Waals surface area contributed by atoms with E-state index in [0.717, 1.165) is 36.8 Å². The summed E-state index contributed by atoms with van der Waals surface area (Å²) in [6, 6.07) is 17.0. The average Bonchev–Trinajstić information content (AvgIpc) is 2.63. The normalized spacial score (nSPS) is 14.7. The lowest BCUT2D eigenvalue weighted by molar-refractivity contribution is 0.166. The van der Waals surface area contributed by atoms with Crippen molar-refractivity contribution >= 4 is 7.82 Å². The van der Waals surface area contributed by atoms with Gasteiger partial charge in [-0.2, -0.15) is 0 Å². The lowest BCUT2D eigenvalue weighted by Crippen LogP contribution is -2.09. The molecule has 2 rings (SSSR count). The van der Waals surface area contributed by atoms with Gasteiger partial charge in [0.1, 0.15) is 5.75 Å². The number of rotatable bonds is 10. The van der Waals surface area contributed by atoms with E-state index in [1.54, 1.807) is 12.1 Å². The molecule has 0 radical (unpaired) electrons. The van der Waals surface area contributed by atoms with E-state index in [1.807, 2.05) is 42.5 Å². The molecule has 0 heterocycles. The van der Waals surface area contributed by atoms with E-state index in [2.05, 4.69) is 13.8 Å². The van der Waals surface area contributed by atoms with Gasteiger partial charge in [0.15, 0.2) is 0 Å². The zero-order valence-electron chi connectivity index (χ0n) is 14.9. The van der Waals surface area contributed by atoms with E-state index in [0.29, 0.717) is 5.75 Å². The van der Waals surface area contributed by atoms with Crippen LogP contribution < -0.4 is 4.52 Å². The van der Waals surface area contributed by atoms with E-state index in [9.17, 15) is 9.46 Å². The van der Waals surface area contributed by atoms with Crippen LogP contribution in [0.5, 0.6) is 5.75 Å². The first-order valence-corrected chi connectivity index (χ1v) is 10.4. The summed E-state index contributed by atoms with van der Waals surface area (Å²) in [5.41, 5.74) is 2.10. The second-order valence-corrected chi connectivity index (χ2v) is 7.54. The summed E-state index contributed by atoms with van der Waals surface area (Å²) < 4.78 is 22.5. The Morgan fingerprint density at radius 1 is 1.00 bits per heavy atom. The van der Waals surface area contributed by atoms with Gasteiger partial charge in [-0.25, -0.2) is 4.57 Å². The quantitative estimate of drug-likeness (QED) is 0.522. The highest BCUT2D eigenvalue weighted by atomic mass is 31.2. The molecule has 5 heteroatoms. The summed E-state index contributed by atoms with van der Waals surface area (Å²) in [4.78, 5) is 9.94. The SMILES string of the molecule is CCCCC(CC)COP(=O)(O)Oc1ccc(-c2ccccc2)cc1. The topological polar surface area (TPSA) is 55.8 Å². The summed E-state index contributed by atoms with van der Waals surface area (Å²) in [6.07, 6.45) is 4.13. The van der Waals surface area contributed by atoms with Crippen molar-refractivity contribution in [3.8, 4) is 16.9 Å². The van der Waals surface area contributed by atoms with Crippen molar-refractivity contribution in [1.82, 2.24) is 0 Å². The molecule has 0 aromatic heterocycles. The molecular formula is C20H27O4P. The molecule has 136 valence electrons. The molecule has 0 aliphatic carbocycles. The third kappa shape index (κ3) is 6.66. The summed E-state index contributed by atoms with van der Waals surface area (Å²) >= 11 is 0. The molecule has 1 N–H and O–H groups in total. The standard InChI is InChI=1S/C20H27O4P/c1-3-5-9-17(4-2)16-23-25(21,22)24-20-14-12-19(13-15-20)18-10-7-6-8-11-18/h6-8,10-15,17H,3-5,9,16H2,1-2H3,(H,21,22). The highest BCUT2D eigenvalue weighted by molar-refractivity contribution is 7.47. The van der Waals surface area contributed by atoms with Crippen LogP contribution in [0, 0.1) is 5.92 Å². The molecule has 25 heavy (non-hydrogen) atoms. The van der Waals surface area contributed by atoms with Gasteiger partial charge in [0.2, 0.25) is 0 Å². The monoisotopic (exact) mass is 362 g/mol. The van der Waals surface area contributed by atoms with Gasteiger partial charge in [-0.15, -0.1) is 0 Å². The van der Waals surface area contributed by atoms with Gasteiger partial charge in [-0.1, -0.05) is 75.6 Å². The predicted octanol–water partition coefficient (Wildman–Crippen LogP) is 6.07. The third-order valence-corrected chi connectivity index (χ3v) is 5.12. The first kappa shape index (κ1) is 19.7. The number of benzene rings is 2. The van der Waals surface area contributed by atoms with Crippen LogP contribution in [0.3, 0.4) is 0 Å². The molecule has 0 saturated carbocycles. The van der Waals surface area contributed by atoms with Crippen molar-refractivity contribution in [3.63, 3.8) is 0 Å². The van der Waals surface area contributed by atoms with E-state index < -0.39 is 7.82 Å². The molecule has 2 aromatic carbocycles. The Hall–Kier alpha value is -1.61.